The van der Waals surface area contributed by atoms with E-state index in [1.54, 1.807) is 0 Å². The molecule has 0 aliphatic heterocycles. The van der Waals surface area contributed by atoms with Crippen LogP contribution in [-0.4, -0.2) is 16.9 Å². The van der Waals surface area contributed by atoms with Crippen molar-refractivity contribution in [1.82, 2.24) is 0 Å². The fourth-order valence-corrected chi connectivity index (χ4v) is 3.69. The summed E-state index contributed by atoms with van der Waals surface area (Å²) in [6, 6.07) is 8.79. The molecule has 3 unspecified atom stereocenters. The Morgan fingerprint density at radius 3 is 2.29 bits per heavy atom. The molecule has 1 N–H and O–H groups in total. The van der Waals surface area contributed by atoms with Gasteiger partial charge in [-0.05, 0) is 48.1 Å². The average Bonchev–Trinajstić information content (AvgIpc) is 2.51. The zero-order valence-corrected chi connectivity index (χ0v) is 15.1. The summed E-state index contributed by atoms with van der Waals surface area (Å²) in [5.74, 6) is 0.155. The van der Waals surface area contributed by atoms with Crippen molar-refractivity contribution >= 4 is 11.8 Å². The number of aliphatic carboxylic acids is 1. The molecule has 0 bridgehead atoms. The van der Waals surface area contributed by atoms with Gasteiger partial charge in [-0.25, -0.2) is 0 Å². The Labute approximate surface area is 145 Å². The first kappa shape index (κ1) is 18.7. The number of carbonyl (C=O) groups is 2. The summed E-state index contributed by atoms with van der Waals surface area (Å²) in [6.07, 6.45) is 4.33. The summed E-state index contributed by atoms with van der Waals surface area (Å²) >= 11 is 0. The number of carbonyl (C=O) groups excluding carboxylic acids is 1. The lowest BCUT2D eigenvalue weighted by Gasteiger charge is -2.37. The van der Waals surface area contributed by atoms with Crippen LogP contribution in [0.15, 0.2) is 24.3 Å². The van der Waals surface area contributed by atoms with Crippen molar-refractivity contribution in [2.75, 3.05) is 0 Å². The standard InChI is InChI=1S/C21H30O3/c1-4-5-18(21(23)24)13-19(22)12-17-10-11-20(17)16-8-6-15(7-9-16)14(2)3/h6-9,14,17-18,20H,4-5,10-13H2,1-3H3,(H,23,24). The van der Waals surface area contributed by atoms with Crippen LogP contribution in [0.25, 0.3) is 0 Å². The van der Waals surface area contributed by atoms with Gasteiger partial charge in [0.05, 0.1) is 5.92 Å². The molecule has 1 aliphatic carbocycles. The minimum absolute atomic E-state index is 0.115. The maximum absolute atomic E-state index is 12.3. The predicted octanol–water partition coefficient (Wildman–Crippen LogP) is 5.15. The van der Waals surface area contributed by atoms with E-state index in [0.717, 1.165) is 19.3 Å². The van der Waals surface area contributed by atoms with Crippen LogP contribution in [-0.2, 0) is 9.59 Å². The van der Waals surface area contributed by atoms with Crippen LogP contribution in [0.4, 0.5) is 0 Å². The smallest absolute Gasteiger partial charge is 0.306 e. The maximum Gasteiger partial charge on any atom is 0.306 e. The van der Waals surface area contributed by atoms with Crippen LogP contribution in [0.5, 0.6) is 0 Å². The van der Waals surface area contributed by atoms with E-state index < -0.39 is 11.9 Å². The Morgan fingerprint density at radius 1 is 1.17 bits per heavy atom. The topological polar surface area (TPSA) is 54.4 Å². The van der Waals surface area contributed by atoms with Gasteiger partial charge in [-0.2, -0.15) is 0 Å². The van der Waals surface area contributed by atoms with E-state index in [4.69, 9.17) is 0 Å². The number of ketones is 1. The number of hydrogen-bond acceptors (Lipinski definition) is 2. The quantitative estimate of drug-likeness (QED) is 0.681. The van der Waals surface area contributed by atoms with Gasteiger partial charge < -0.3 is 5.11 Å². The molecule has 1 aromatic carbocycles. The highest BCUT2D eigenvalue weighted by atomic mass is 16.4. The van der Waals surface area contributed by atoms with Crippen LogP contribution in [0.3, 0.4) is 0 Å². The van der Waals surface area contributed by atoms with Gasteiger partial charge >= 0.3 is 5.97 Å². The Balaban J connectivity index is 1.91. The van der Waals surface area contributed by atoms with E-state index in [2.05, 4.69) is 38.1 Å². The van der Waals surface area contributed by atoms with Crippen molar-refractivity contribution in [2.24, 2.45) is 11.8 Å². The van der Waals surface area contributed by atoms with Crippen molar-refractivity contribution in [2.45, 2.75) is 71.1 Å². The first-order valence-corrected chi connectivity index (χ1v) is 9.26. The number of hydrogen-bond donors (Lipinski definition) is 1. The SMILES string of the molecule is CCCC(CC(=O)CC1CCC1c1ccc(C(C)C)cc1)C(=O)O. The van der Waals surface area contributed by atoms with Gasteiger partial charge in [0.1, 0.15) is 5.78 Å². The van der Waals surface area contributed by atoms with Crippen LogP contribution in [0.2, 0.25) is 0 Å². The van der Waals surface area contributed by atoms with E-state index in [-0.39, 0.29) is 12.2 Å². The molecule has 3 heteroatoms. The minimum atomic E-state index is -0.834. The summed E-state index contributed by atoms with van der Waals surface area (Å²) in [6.45, 7) is 6.34. The summed E-state index contributed by atoms with van der Waals surface area (Å²) in [5.41, 5.74) is 2.67. The van der Waals surface area contributed by atoms with Crippen LogP contribution >= 0.6 is 0 Å². The third kappa shape index (κ3) is 4.68. The molecular weight excluding hydrogens is 300 g/mol. The molecule has 0 heterocycles. The normalized spacial score (nSPS) is 21.3. The van der Waals surface area contributed by atoms with Gasteiger partial charge in [0, 0.05) is 12.8 Å². The summed E-state index contributed by atoms with van der Waals surface area (Å²) < 4.78 is 0. The first-order valence-electron chi connectivity index (χ1n) is 9.26. The molecule has 2 rings (SSSR count). The van der Waals surface area contributed by atoms with Crippen molar-refractivity contribution in [3.63, 3.8) is 0 Å². The lowest BCUT2D eigenvalue weighted by Crippen LogP contribution is -2.28. The monoisotopic (exact) mass is 330 g/mol. The molecule has 132 valence electrons. The molecule has 0 amide bonds. The molecule has 1 fully saturated rings. The molecule has 24 heavy (non-hydrogen) atoms. The fraction of sp³-hybridized carbons (Fsp3) is 0.619. The largest absolute Gasteiger partial charge is 0.481 e. The number of carboxylic acids is 1. The molecule has 0 spiro atoms. The lowest BCUT2D eigenvalue weighted by atomic mass is 9.67. The molecule has 0 aromatic heterocycles. The molecule has 1 saturated carbocycles. The maximum atomic E-state index is 12.3. The van der Waals surface area contributed by atoms with E-state index in [0.29, 0.717) is 30.6 Å². The number of carboxylic acid groups (broad SMARTS) is 1. The van der Waals surface area contributed by atoms with Gasteiger partial charge in [0.2, 0.25) is 0 Å². The summed E-state index contributed by atoms with van der Waals surface area (Å²) in [5, 5.41) is 9.21. The minimum Gasteiger partial charge on any atom is -0.481 e. The third-order valence-corrected chi connectivity index (χ3v) is 5.40. The molecule has 1 aliphatic rings. The highest BCUT2D eigenvalue weighted by Gasteiger charge is 2.34. The number of Topliss-reactive ketones (excluding diaryl/α,β-unsaturated/α-hetero) is 1. The zero-order valence-electron chi connectivity index (χ0n) is 15.1. The van der Waals surface area contributed by atoms with E-state index in [1.165, 1.54) is 11.1 Å². The van der Waals surface area contributed by atoms with Gasteiger partial charge in [-0.3, -0.25) is 9.59 Å². The summed E-state index contributed by atoms with van der Waals surface area (Å²) in [4.78, 5) is 23.5. The first-order chi connectivity index (χ1) is 11.4. The second-order valence-electron chi connectivity index (χ2n) is 7.54. The number of rotatable bonds is 9. The molecule has 1 aromatic rings. The van der Waals surface area contributed by atoms with Gasteiger partial charge in [-0.15, -0.1) is 0 Å². The van der Waals surface area contributed by atoms with E-state index in [1.807, 2.05) is 6.92 Å². The lowest BCUT2D eigenvalue weighted by molar-refractivity contribution is -0.144. The van der Waals surface area contributed by atoms with Crippen molar-refractivity contribution in [3.05, 3.63) is 35.4 Å². The Kier molecular flexibility index (Phi) is 6.59. The summed E-state index contributed by atoms with van der Waals surface area (Å²) in [7, 11) is 0. The van der Waals surface area contributed by atoms with Crippen molar-refractivity contribution < 1.29 is 14.7 Å². The third-order valence-electron chi connectivity index (χ3n) is 5.40. The van der Waals surface area contributed by atoms with E-state index >= 15 is 0 Å². The van der Waals surface area contributed by atoms with E-state index in [9.17, 15) is 14.7 Å². The average molecular weight is 330 g/mol. The Bertz CT molecular complexity index is 559. The molecule has 0 saturated heterocycles. The highest BCUT2D eigenvalue weighted by Crippen LogP contribution is 2.45. The fourth-order valence-electron chi connectivity index (χ4n) is 3.69. The second-order valence-corrected chi connectivity index (χ2v) is 7.54. The zero-order chi connectivity index (χ0) is 17.7. The molecule has 3 atom stereocenters. The van der Waals surface area contributed by atoms with Crippen LogP contribution in [0.1, 0.15) is 82.3 Å². The van der Waals surface area contributed by atoms with Crippen molar-refractivity contribution in [1.29, 1.82) is 0 Å². The van der Waals surface area contributed by atoms with Gasteiger partial charge in [0.15, 0.2) is 0 Å². The second kappa shape index (κ2) is 8.46. The van der Waals surface area contributed by atoms with Crippen LogP contribution in [0, 0.1) is 11.8 Å². The Morgan fingerprint density at radius 2 is 1.83 bits per heavy atom. The molecular formula is C21H30O3. The van der Waals surface area contributed by atoms with Crippen LogP contribution < -0.4 is 0 Å². The van der Waals surface area contributed by atoms with Crippen molar-refractivity contribution in [3.8, 4) is 0 Å². The Hall–Kier alpha value is -1.64. The molecule has 3 nitrogen and oxygen atoms in total. The molecule has 0 radical (unpaired) electrons. The highest BCUT2D eigenvalue weighted by molar-refractivity contribution is 5.84. The van der Waals surface area contributed by atoms with Gasteiger partial charge in [0.25, 0.3) is 0 Å². The van der Waals surface area contributed by atoms with Gasteiger partial charge in [-0.1, -0.05) is 51.5 Å². The predicted molar refractivity (Wildman–Crippen MR) is 96.3 cm³/mol. The number of benzene rings is 1.